The highest BCUT2D eigenvalue weighted by Gasteiger charge is 2.48. The molecule has 1 aliphatic heterocycles. The highest BCUT2D eigenvalue weighted by molar-refractivity contribution is 5.96. The number of esters is 1. The summed E-state index contributed by atoms with van der Waals surface area (Å²) in [5, 5.41) is 2.46. The molecule has 25 heavy (non-hydrogen) atoms. The van der Waals surface area contributed by atoms with Gasteiger partial charge in [0, 0.05) is 0 Å². The van der Waals surface area contributed by atoms with Crippen LogP contribution in [0, 0.1) is 0 Å². The van der Waals surface area contributed by atoms with Gasteiger partial charge >= 0.3 is 12.1 Å². The Morgan fingerprint density at radius 2 is 1.88 bits per heavy atom. The van der Waals surface area contributed by atoms with Crippen LogP contribution in [-0.4, -0.2) is 31.2 Å². The van der Waals surface area contributed by atoms with Gasteiger partial charge in [-0.25, -0.2) is 10.2 Å². The maximum atomic E-state index is 12.9. The minimum absolute atomic E-state index is 0.318. The molecule has 0 spiro atoms. The maximum Gasteiger partial charge on any atom is 0.409 e. The number of methoxy groups -OCH3 is 1. The molecule has 1 amide bonds. The van der Waals surface area contributed by atoms with Gasteiger partial charge in [-0.05, 0) is 24.6 Å². The Labute approximate surface area is 141 Å². The zero-order chi connectivity index (χ0) is 18.8. The van der Waals surface area contributed by atoms with Gasteiger partial charge < -0.3 is 21.2 Å². The molecule has 0 saturated carbocycles. The minimum atomic E-state index is -4.67. The second-order valence-corrected chi connectivity index (χ2v) is 5.38. The van der Waals surface area contributed by atoms with Crippen LogP contribution in [0.2, 0.25) is 0 Å². The quantitative estimate of drug-likeness (QED) is 0.595. The van der Waals surface area contributed by atoms with Crippen molar-refractivity contribution in [2.45, 2.75) is 25.2 Å². The molecule has 0 bridgehead atoms. The lowest BCUT2D eigenvalue weighted by atomic mass is 10.0. The fourth-order valence-corrected chi connectivity index (χ4v) is 2.33. The van der Waals surface area contributed by atoms with E-state index in [1.807, 2.05) is 5.43 Å². The number of hydrazine groups is 1. The zero-order valence-corrected chi connectivity index (χ0v) is 13.4. The molecule has 2 atom stereocenters. The summed E-state index contributed by atoms with van der Waals surface area (Å²) < 4.78 is 43.4. The van der Waals surface area contributed by atoms with Crippen LogP contribution in [0.3, 0.4) is 0 Å². The molecule has 0 aliphatic carbocycles. The summed E-state index contributed by atoms with van der Waals surface area (Å²) >= 11 is 0. The highest BCUT2D eigenvalue weighted by Crippen LogP contribution is 2.28. The SMILES string of the molecule is COC(=O)c1ccc(C(C)NC(=O)C2=C(N)NNC2C(F)(F)F)cc1. The predicted molar refractivity (Wildman–Crippen MR) is 81.7 cm³/mol. The summed E-state index contributed by atoms with van der Waals surface area (Å²) in [6.07, 6.45) is -4.67. The Kier molecular flexibility index (Phi) is 5.21. The molecule has 0 aromatic heterocycles. The molecule has 1 aromatic rings. The lowest BCUT2D eigenvalue weighted by molar-refractivity contribution is -0.150. The van der Waals surface area contributed by atoms with Crippen molar-refractivity contribution in [1.29, 1.82) is 0 Å². The van der Waals surface area contributed by atoms with Gasteiger partial charge in [-0.2, -0.15) is 13.2 Å². The molecule has 10 heteroatoms. The molecule has 136 valence electrons. The number of carbonyl (C=O) groups is 2. The van der Waals surface area contributed by atoms with Crippen LogP contribution in [0.15, 0.2) is 35.7 Å². The molecule has 1 aliphatic rings. The second-order valence-electron chi connectivity index (χ2n) is 5.38. The average molecular weight is 358 g/mol. The first kappa shape index (κ1) is 18.6. The number of amides is 1. The van der Waals surface area contributed by atoms with Crippen LogP contribution >= 0.6 is 0 Å². The third-order valence-corrected chi connectivity index (χ3v) is 3.68. The monoisotopic (exact) mass is 358 g/mol. The van der Waals surface area contributed by atoms with E-state index in [1.165, 1.54) is 19.2 Å². The number of rotatable bonds is 4. The van der Waals surface area contributed by atoms with E-state index in [0.717, 1.165) is 0 Å². The fraction of sp³-hybridized carbons (Fsp3) is 0.333. The molecule has 1 heterocycles. The number of hydrogen-bond acceptors (Lipinski definition) is 6. The van der Waals surface area contributed by atoms with E-state index in [1.54, 1.807) is 19.1 Å². The lowest BCUT2D eigenvalue weighted by Crippen LogP contribution is -2.46. The first-order chi connectivity index (χ1) is 11.6. The normalized spacial score (nSPS) is 18.5. The molecule has 1 aromatic carbocycles. The Balaban J connectivity index is 2.12. The van der Waals surface area contributed by atoms with Gasteiger partial charge in [0.05, 0.1) is 24.3 Å². The van der Waals surface area contributed by atoms with E-state index in [9.17, 15) is 22.8 Å². The number of hydrogen-bond donors (Lipinski definition) is 4. The standard InChI is InChI=1S/C15H17F3N4O3/c1-7(8-3-5-9(6-4-8)14(24)25-2)20-13(23)10-11(15(16,17)18)21-22-12(10)19/h3-7,11,21-22H,19H2,1-2H3,(H,20,23). The van der Waals surface area contributed by atoms with Gasteiger partial charge in [-0.15, -0.1) is 0 Å². The molecule has 0 saturated heterocycles. The van der Waals surface area contributed by atoms with Gasteiger partial charge in [-0.3, -0.25) is 4.79 Å². The van der Waals surface area contributed by atoms with Gasteiger partial charge in [0.15, 0.2) is 6.04 Å². The zero-order valence-electron chi connectivity index (χ0n) is 13.4. The van der Waals surface area contributed by atoms with E-state index >= 15 is 0 Å². The van der Waals surface area contributed by atoms with Gasteiger partial charge in [0.1, 0.15) is 5.82 Å². The summed E-state index contributed by atoms with van der Waals surface area (Å²) in [5.41, 5.74) is 9.79. The number of nitrogens with one attached hydrogen (secondary N) is 3. The van der Waals surface area contributed by atoms with Crippen LogP contribution in [-0.2, 0) is 9.53 Å². The average Bonchev–Trinajstić information content (AvgIpc) is 2.96. The molecule has 0 fully saturated rings. The van der Waals surface area contributed by atoms with Gasteiger partial charge in [0.2, 0.25) is 0 Å². The Bertz CT molecular complexity index is 701. The van der Waals surface area contributed by atoms with E-state index in [2.05, 4.69) is 15.5 Å². The van der Waals surface area contributed by atoms with Crippen molar-refractivity contribution in [2.24, 2.45) is 5.73 Å². The van der Waals surface area contributed by atoms with E-state index in [-0.39, 0.29) is 5.82 Å². The molecule has 0 radical (unpaired) electrons. The molecule has 2 unspecified atom stereocenters. The Hall–Kier alpha value is -2.75. The summed E-state index contributed by atoms with van der Waals surface area (Å²) in [4.78, 5) is 23.6. The third kappa shape index (κ3) is 4.02. The van der Waals surface area contributed by atoms with E-state index < -0.39 is 35.7 Å². The number of halogens is 3. The minimum Gasteiger partial charge on any atom is -0.465 e. The number of alkyl halides is 3. The first-order valence-electron chi connectivity index (χ1n) is 7.22. The van der Waals surface area contributed by atoms with E-state index in [0.29, 0.717) is 11.1 Å². The van der Waals surface area contributed by atoms with Crippen molar-refractivity contribution in [3.05, 3.63) is 46.8 Å². The first-order valence-corrected chi connectivity index (χ1v) is 7.22. The summed E-state index contributed by atoms with van der Waals surface area (Å²) in [7, 11) is 1.25. The lowest BCUT2D eigenvalue weighted by Gasteiger charge is -2.20. The van der Waals surface area contributed by atoms with Crippen LogP contribution in [0.25, 0.3) is 0 Å². The molecular formula is C15H17F3N4O3. The molecular weight excluding hydrogens is 341 g/mol. The number of nitrogens with two attached hydrogens (primary N) is 1. The van der Waals surface area contributed by atoms with Crippen LogP contribution in [0.4, 0.5) is 13.2 Å². The smallest absolute Gasteiger partial charge is 0.409 e. The maximum absolute atomic E-state index is 12.9. The van der Waals surface area contributed by atoms with Crippen molar-refractivity contribution in [3.8, 4) is 0 Å². The predicted octanol–water partition coefficient (Wildman–Crippen LogP) is 0.859. The van der Waals surface area contributed by atoms with Gasteiger partial charge in [0.25, 0.3) is 5.91 Å². The van der Waals surface area contributed by atoms with Crippen LogP contribution < -0.4 is 21.9 Å². The largest absolute Gasteiger partial charge is 0.465 e. The van der Waals surface area contributed by atoms with Crippen molar-refractivity contribution in [2.75, 3.05) is 7.11 Å². The second kappa shape index (κ2) is 7.01. The topological polar surface area (TPSA) is 105 Å². The van der Waals surface area contributed by atoms with Crippen molar-refractivity contribution in [3.63, 3.8) is 0 Å². The number of carbonyl (C=O) groups excluding carboxylic acids is 2. The Morgan fingerprint density at radius 3 is 2.40 bits per heavy atom. The van der Waals surface area contributed by atoms with Crippen molar-refractivity contribution >= 4 is 11.9 Å². The molecule has 5 N–H and O–H groups in total. The van der Waals surface area contributed by atoms with E-state index in [4.69, 9.17) is 5.73 Å². The van der Waals surface area contributed by atoms with Crippen LogP contribution in [0.1, 0.15) is 28.9 Å². The summed E-state index contributed by atoms with van der Waals surface area (Å²) in [6.45, 7) is 1.60. The van der Waals surface area contributed by atoms with Crippen LogP contribution in [0.5, 0.6) is 0 Å². The molecule has 7 nitrogen and oxygen atoms in total. The Morgan fingerprint density at radius 1 is 1.28 bits per heavy atom. The third-order valence-electron chi connectivity index (χ3n) is 3.68. The summed E-state index contributed by atoms with van der Waals surface area (Å²) in [6, 6.07) is 3.33. The summed E-state index contributed by atoms with van der Waals surface area (Å²) in [5.74, 6) is -1.84. The highest BCUT2D eigenvalue weighted by atomic mass is 19.4. The fourth-order valence-electron chi connectivity index (χ4n) is 2.33. The number of benzene rings is 1. The van der Waals surface area contributed by atoms with Gasteiger partial charge in [-0.1, -0.05) is 12.1 Å². The number of ether oxygens (including phenoxy) is 1. The van der Waals surface area contributed by atoms with Crippen molar-refractivity contribution in [1.82, 2.24) is 16.2 Å². The molecule has 2 rings (SSSR count). The van der Waals surface area contributed by atoms with Crippen molar-refractivity contribution < 1.29 is 27.5 Å².